The first-order valence-corrected chi connectivity index (χ1v) is 6.82. The Bertz CT molecular complexity index is 581. The smallest absolute Gasteiger partial charge is 0.308 e. The summed E-state index contributed by atoms with van der Waals surface area (Å²) in [6.45, 7) is 1.35. The summed E-state index contributed by atoms with van der Waals surface area (Å²) in [6.07, 6.45) is -0.180. The topological polar surface area (TPSA) is 72.5 Å². The van der Waals surface area contributed by atoms with Crippen LogP contribution in [0.3, 0.4) is 0 Å². The maximum atomic E-state index is 10.9. The molecule has 0 unspecified atom stereocenters. The van der Waals surface area contributed by atoms with Gasteiger partial charge in [-0.2, -0.15) is 0 Å². The van der Waals surface area contributed by atoms with E-state index in [9.17, 15) is 9.90 Å². The molecule has 0 amide bonds. The van der Waals surface area contributed by atoms with Crippen LogP contribution in [0.5, 0.6) is 5.75 Å². The van der Waals surface area contributed by atoms with Crippen molar-refractivity contribution in [2.45, 2.75) is 25.5 Å². The zero-order chi connectivity index (χ0) is 15.2. The van der Waals surface area contributed by atoms with Crippen LogP contribution in [0.15, 0.2) is 54.6 Å². The second-order valence-corrected chi connectivity index (χ2v) is 4.95. The number of hydrogen-bond acceptors (Lipinski definition) is 4. The first-order chi connectivity index (χ1) is 10.1. The standard InChI is InChI=1S/C17H19NO3/c1-12(19)21-15-9-7-14(8-10-15)17(18)16(20)11-13-5-3-2-4-6-13/h2-10,16-17,20H,11,18H2,1H3/t16-,17+/m1/s1. The fourth-order valence-corrected chi connectivity index (χ4v) is 2.13. The summed E-state index contributed by atoms with van der Waals surface area (Å²) in [6, 6.07) is 16.1. The van der Waals surface area contributed by atoms with Gasteiger partial charge in [0.25, 0.3) is 0 Å². The summed E-state index contributed by atoms with van der Waals surface area (Å²) in [5.74, 6) is 0.104. The lowest BCUT2D eigenvalue weighted by Crippen LogP contribution is -2.28. The molecule has 0 saturated carbocycles. The Morgan fingerprint density at radius 2 is 1.76 bits per heavy atom. The van der Waals surface area contributed by atoms with Crippen molar-refractivity contribution < 1.29 is 14.6 Å². The summed E-state index contributed by atoms with van der Waals surface area (Å²) in [5, 5.41) is 10.2. The molecule has 0 bridgehead atoms. The Kier molecular flexibility index (Phi) is 5.09. The monoisotopic (exact) mass is 285 g/mol. The fraction of sp³-hybridized carbons (Fsp3) is 0.235. The molecule has 2 aromatic carbocycles. The number of aliphatic hydroxyl groups is 1. The van der Waals surface area contributed by atoms with E-state index in [0.29, 0.717) is 12.2 Å². The minimum absolute atomic E-state index is 0.365. The Balaban J connectivity index is 2.01. The number of esters is 1. The maximum Gasteiger partial charge on any atom is 0.308 e. The molecule has 21 heavy (non-hydrogen) atoms. The van der Waals surface area contributed by atoms with Gasteiger partial charge in [0.2, 0.25) is 0 Å². The van der Waals surface area contributed by atoms with E-state index in [0.717, 1.165) is 11.1 Å². The number of ether oxygens (including phenoxy) is 1. The van der Waals surface area contributed by atoms with Crippen molar-refractivity contribution in [3.05, 3.63) is 65.7 Å². The Labute approximate surface area is 124 Å². The molecule has 0 radical (unpaired) electrons. The van der Waals surface area contributed by atoms with Crippen molar-refractivity contribution in [1.29, 1.82) is 0 Å². The Morgan fingerprint density at radius 3 is 2.33 bits per heavy atom. The van der Waals surface area contributed by atoms with Crippen LogP contribution in [0.25, 0.3) is 0 Å². The minimum Gasteiger partial charge on any atom is -0.427 e. The predicted molar refractivity (Wildman–Crippen MR) is 80.8 cm³/mol. The molecule has 4 heteroatoms. The number of carbonyl (C=O) groups is 1. The van der Waals surface area contributed by atoms with Gasteiger partial charge in [-0.1, -0.05) is 42.5 Å². The van der Waals surface area contributed by atoms with E-state index in [-0.39, 0.29) is 5.97 Å². The lowest BCUT2D eigenvalue weighted by molar-refractivity contribution is -0.131. The highest BCUT2D eigenvalue weighted by atomic mass is 16.5. The highest BCUT2D eigenvalue weighted by molar-refractivity contribution is 5.69. The molecule has 110 valence electrons. The number of hydrogen-bond donors (Lipinski definition) is 2. The molecule has 4 nitrogen and oxygen atoms in total. The van der Waals surface area contributed by atoms with Gasteiger partial charge in [-0.05, 0) is 23.3 Å². The van der Waals surface area contributed by atoms with Gasteiger partial charge in [-0.15, -0.1) is 0 Å². The van der Waals surface area contributed by atoms with Gasteiger partial charge >= 0.3 is 5.97 Å². The van der Waals surface area contributed by atoms with E-state index in [1.807, 2.05) is 30.3 Å². The third-order valence-corrected chi connectivity index (χ3v) is 3.23. The molecule has 3 N–H and O–H groups in total. The normalized spacial score (nSPS) is 13.5. The second kappa shape index (κ2) is 7.02. The van der Waals surface area contributed by atoms with E-state index in [1.54, 1.807) is 24.3 Å². The molecule has 0 aromatic heterocycles. The molecular formula is C17H19NO3. The molecule has 0 aliphatic rings. The van der Waals surface area contributed by atoms with Crippen molar-refractivity contribution >= 4 is 5.97 Å². The Morgan fingerprint density at radius 1 is 1.14 bits per heavy atom. The lowest BCUT2D eigenvalue weighted by Gasteiger charge is -2.19. The van der Waals surface area contributed by atoms with E-state index in [4.69, 9.17) is 10.5 Å². The van der Waals surface area contributed by atoms with Gasteiger partial charge in [0.1, 0.15) is 5.75 Å². The molecular weight excluding hydrogens is 266 g/mol. The van der Waals surface area contributed by atoms with Crippen LogP contribution in [-0.2, 0) is 11.2 Å². The van der Waals surface area contributed by atoms with E-state index in [1.165, 1.54) is 6.92 Å². The third kappa shape index (κ3) is 4.41. The number of benzene rings is 2. The van der Waals surface area contributed by atoms with Crippen LogP contribution in [0, 0.1) is 0 Å². The molecule has 2 rings (SSSR count). The quantitative estimate of drug-likeness (QED) is 0.652. The Hall–Kier alpha value is -2.17. The highest BCUT2D eigenvalue weighted by Crippen LogP contribution is 2.20. The van der Waals surface area contributed by atoms with Crippen LogP contribution in [0.4, 0.5) is 0 Å². The lowest BCUT2D eigenvalue weighted by atomic mass is 9.97. The zero-order valence-electron chi connectivity index (χ0n) is 11.9. The minimum atomic E-state index is -0.674. The van der Waals surface area contributed by atoms with Crippen LogP contribution in [0.1, 0.15) is 24.1 Å². The van der Waals surface area contributed by atoms with Crippen molar-refractivity contribution in [3.63, 3.8) is 0 Å². The number of nitrogens with two attached hydrogens (primary N) is 1. The van der Waals surface area contributed by atoms with Crippen molar-refractivity contribution in [3.8, 4) is 5.75 Å². The molecule has 0 saturated heterocycles. The average molecular weight is 285 g/mol. The van der Waals surface area contributed by atoms with Crippen molar-refractivity contribution in [1.82, 2.24) is 0 Å². The molecule has 2 aromatic rings. The van der Waals surface area contributed by atoms with Crippen LogP contribution in [0.2, 0.25) is 0 Å². The molecule has 2 atom stereocenters. The summed E-state index contributed by atoms with van der Waals surface area (Å²) >= 11 is 0. The van der Waals surface area contributed by atoms with Crippen molar-refractivity contribution in [2.24, 2.45) is 5.73 Å². The summed E-state index contributed by atoms with van der Waals surface area (Å²) in [5.41, 5.74) is 7.92. The zero-order valence-corrected chi connectivity index (χ0v) is 11.9. The van der Waals surface area contributed by atoms with Crippen molar-refractivity contribution in [2.75, 3.05) is 0 Å². The van der Waals surface area contributed by atoms with Crippen LogP contribution >= 0.6 is 0 Å². The van der Waals surface area contributed by atoms with E-state index >= 15 is 0 Å². The predicted octanol–water partition coefficient (Wildman–Crippen LogP) is 2.22. The summed E-state index contributed by atoms with van der Waals surface area (Å²) < 4.78 is 4.96. The number of rotatable bonds is 5. The molecule has 0 heterocycles. The fourth-order valence-electron chi connectivity index (χ4n) is 2.13. The largest absolute Gasteiger partial charge is 0.427 e. The third-order valence-electron chi connectivity index (χ3n) is 3.23. The van der Waals surface area contributed by atoms with Gasteiger partial charge in [0, 0.05) is 13.3 Å². The first-order valence-electron chi connectivity index (χ1n) is 6.82. The van der Waals surface area contributed by atoms with E-state index in [2.05, 4.69) is 0 Å². The molecule has 0 aliphatic carbocycles. The van der Waals surface area contributed by atoms with Gasteiger partial charge in [-0.3, -0.25) is 4.79 Å². The molecule has 0 spiro atoms. The number of carbonyl (C=O) groups excluding carboxylic acids is 1. The summed E-state index contributed by atoms with van der Waals surface area (Å²) in [4.78, 5) is 10.9. The van der Waals surface area contributed by atoms with Crippen LogP contribution < -0.4 is 10.5 Å². The molecule has 0 fully saturated rings. The van der Waals surface area contributed by atoms with E-state index < -0.39 is 12.1 Å². The average Bonchev–Trinajstić information content (AvgIpc) is 2.47. The second-order valence-electron chi connectivity index (χ2n) is 4.95. The SMILES string of the molecule is CC(=O)Oc1ccc([C@H](N)[C@H](O)Cc2ccccc2)cc1. The number of aliphatic hydroxyl groups excluding tert-OH is 1. The molecule has 0 aliphatic heterocycles. The summed E-state index contributed by atoms with van der Waals surface area (Å²) in [7, 11) is 0. The van der Waals surface area contributed by atoms with Gasteiger partial charge in [0.15, 0.2) is 0 Å². The van der Waals surface area contributed by atoms with Gasteiger partial charge < -0.3 is 15.6 Å². The van der Waals surface area contributed by atoms with Gasteiger partial charge in [-0.25, -0.2) is 0 Å². The highest BCUT2D eigenvalue weighted by Gasteiger charge is 2.17. The van der Waals surface area contributed by atoms with Crippen LogP contribution in [-0.4, -0.2) is 17.2 Å². The first kappa shape index (κ1) is 15.2. The maximum absolute atomic E-state index is 10.9. The van der Waals surface area contributed by atoms with Gasteiger partial charge in [0.05, 0.1) is 12.1 Å².